The van der Waals surface area contributed by atoms with E-state index in [1.54, 1.807) is 0 Å². The van der Waals surface area contributed by atoms with Crippen LogP contribution in [0.25, 0.3) is 0 Å². The fraction of sp³-hybridized carbons (Fsp3) is 0.688. The number of fused-ring (bicyclic) bond motifs is 1. The molecule has 0 radical (unpaired) electrons. The topological polar surface area (TPSA) is 38.8 Å². The highest BCUT2D eigenvalue weighted by Gasteiger charge is 2.45. The van der Waals surface area contributed by atoms with Crippen molar-refractivity contribution in [1.29, 1.82) is 0 Å². The molecule has 4 rings (SSSR count). The SMILES string of the molecule is O=C(c1cccs1)N1CCO[C@H]2[C@@H](OCC3CC3)CC[C@@H]21. The van der Waals surface area contributed by atoms with E-state index in [0.29, 0.717) is 13.2 Å². The molecule has 2 saturated carbocycles. The van der Waals surface area contributed by atoms with Crippen molar-refractivity contribution in [2.24, 2.45) is 5.92 Å². The van der Waals surface area contributed by atoms with Crippen LogP contribution in [-0.4, -0.2) is 48.8 Å². The van der Waals surface area contributed by atoms with Gasteiger partial charge in [0.05, 0.1) is 23.6 Å². The van der Waals surface area contributed by atoms with Crippen molar-refractivity contribution in [3.8, 4) is 0 Å². The van der Waals surface area contributed by atoms with Crippen LogP contribution in [0.2, 0.25) is 0 Å². The molecule has 2 aliphatic carbocycles. The van der Waals surface area contributed by atoms with Gasteiger partial charge in [0.1, 0.15) is 6.10 Å². The van der Waals surface area contributed by atoms with Crippen LogP contribution in [0.15, 0.2) is 17.5 Å². The number of morpholine rings is 1. The molecule has 4 nitrogen and oxygen atoms in total. The molecule has 0 unspecified atom stereocenters. The molecule has 5 heteroatoms. The van der Waals surface area contributed by atoms with Gasteiger partial charge in [-0.1, -0.05) is 6.07 Å². The van der Waals surface area contributed by atoms with Crippen molar-refractivity contribution in [2.45, 2.75) is 43.9 Å². The third-order valence-corrected chi connectivity index (χ3v) is 5.63. The van der Waals surface area contributed by atoms with Gasteiger partial charge in [0.15, 0.2) is 0 Å². The average Bonchev–Trinajstić information content (AvgIpc) is 3.03. The molecular formula is C16H21NO3S. The number of nitrogens with zero attached hydrogens (tertiary/aromatic N) is 1. The minimum Gasteiger partial charge on any atom is -0.375 e. The van der Waals surface area contributed by atoms with Gasteiger partial charge in [0.25, 0.3) is 5.91 Å². The number of carbonyl (C=O) groups is 1. The summed E-state index contributed by atoms with van der Waals surface area (Å²) in [4.78, 5) is 15.5. The second-order valence-corrected chi connectivity index (χ2v) is 7.22. The van der Waals surface area contributed by atoms with E-state index < -0.39 is 0 Å². The van der Waals surface area contributed by atoms with Gasteiger partial charge in [-0.05, 0) is 43.0 Å². The molecule has 1 aliphatic heterocycles. The molecule has 1 aromatic rings. The summed E-state index contributed by atoms with van der Waals surface area (Å²) in [7, 11) is 0. The maximum absolute atomic E-state index is 12.6. The number of rotatable bonds is 4. The van der Waals surface area contributed by atoms with Crippen LogP contribution in [0.4, 0.5) is 0 Å². The van der Waals surface area contributed by atoms with E-state index in [0.717, 1.165) is 30.2 Å². The van der Waals surface area contributed by atoms with Crippen molar-refractivity contribution >= 4 is 17.2 Å². The summed E-state index contributed by atoms with van der Waals surface area (Å²) >= 11 is 1.52. The first-order valence-corrected chi connectivity index (χ1v) is 8.78. The molecule has 21 heavy (non-hydrogen) atoms. The first-order valence-electron chi connectivity index (χ1n) is 7.90. The summed E-state index contributed by atoms with van der Waals surface area (Å²) in [5, 5.41) is 1.96. The van der Waals surface area contributed by atoms with E-state index >= 15 is 0 Å². The van der Waals surface area contributed by atoms with Gasteiger partial charge in [0, 0.05) is 13.2 Å². The summed E-state index contributed by atoms with van der Waals surface area (Å²) in [6, 6.07) is 4.04. The van der Waals surface area contributed by atoms with Crippen LogP contribution in [0.3, 0.4) is 0 Å². The summed E-state index contributed by atoms with van der Waals surface area (Å²) in [6.45, 7) is 2.20. The predicted molar refractivity (Wildman–Crippen MR) is 80.6 cm³/mol. The maximum Gasteiger partial charge on any atom is 0.264 e. The normalized spacial score (nSPS) is 32.2. The Hall–Kier alpha value is -0.910. The monoisotopic (exact) mass is 307 g/mol. The zero-order chi connectivity index (χ0) is 14.2. The quantitative estimate of drug-likeness (QED) is 0.858. The number of hydrogen-bond donors (Lipinski definition) is 0. The highest BCUT2D eigenvalue weighted by atomic mass is 32.1. The van der Waals surface area contributed by atoms with Gasteiger partial charge >= 0.3 is 0 Å². The summed E-state index contributed by atoms with van der Waals surface area (Å²) in [5.74, 6) is 0.933. The second-order valence-electron chi connectivity index (χ2n) is 6.27. The molecule has 2 heterocycles. The molecule has 3 atom stereocenters. The molecule has 3 aliphatic rings. The lowest BCUT2D eigenvalue weighted by Crippen LogP contribution is -2.53. The van der Waals surface area contributed by atoms with Crippen molar-refractivity contribution < 1.29 is 14.3 Å². The third-order valence-electron chi connectivity index (χ3n) is 4.77. The first-order chi connectivity index (χ1) is 10.3. The van der Waals surface area contributed by atoms with E-state index in [1.807, 2.05) is 22.4 Å². The van der Waals surface area contributed by atoms with Crippen molar-refractivity contribution in [3.63, 3.8) is 0 Å². The van der Waals surface area contributed by atoms with Gasteiger partial charge in [-0.3, -0.25) is 4.79 Å². The predicted octanol–water partition coefficient (Wildman–Crippen LogP) is 2.55. The van der Waals surface area contributed by atoms with Crippen LogP contribution in [0.5, 0.6) is 0 Å². The maximum atomic E-state index is 12.6. The number of amides is 1. The highest BCUT2D eigenvalue weighted by Crippen LogP contribution is 2.35. The first kappa shape index (κ1) is 13.7. The van der Waals surface area contributed by atoms with Crippen LogP contribution in [-0.2, 0) is 9.47 Å². The van der Waals surface area contributed by atoms with E-state index in [4.69, 9.17) is 9.47 Å². The van der Waals surface area contributed by atoms with Gasteiger partial charge in [0.2, 0.25) is 0 Å². The Morgan fingerprint density at radius 2 is 2.29 bits per heavy atom. The summed E-state index contributed by atoms with van der Waals surface area (Å²) < 4.78 is 12.0. The Bertz CT molecular complexity index is 500. The molecule has 0 spiro atoms. The lowest BCUT2D eigenvalue weighted by Gasteiger charge is -2.38. The van der Waals surface area contributed by atoms with E-state index in [-0.39, 0.29) is 24.2 Å². The van der Waals surface area contributed by atoms with Crippen LogP contribution >= 0.6 is 11.3 Å². The average molecular weight is 307 g/mol. The summed E-state index contributed by atoms with van der Waals surface area (Å²) in [5.41, 5.74) is 0. The molecule has 1 saturated heterocycles. The molecule has 1 amide bonds. The van der Waals surface area contributed by atoms with E-state index in [1.165, 1.54) is 24.2 Å². The Labute approximate surface area is 129 Å². The largest absolute Gasteiger partial charge is 0.375 e. The fourth-order valence-corrected chi connectivity index (χ4v) is 4.11. The zero-order valence-corrected chi connectivity index (χ0v) is 12.9. The van der Waals surface area contributed by atoms with Crippen LogP contribution in [0.1, 0.15) is 35.4 Å². The molecule has 1 aromatic heterocycles. The molecule has 0 bridgehead atoms. The number of thiophene rings is 1. The van der Waals surface area contributed by atoms with Crippen molar-refractivity contribution in [2.75, 3.05) is 19.8 Å². The molecule has 114 valence electrons. The Morgan fingerprint density at radius 3 is 3.05 bits per heavy atom. The van der Waals surface area contributed by atoms with Gasteiger partial charge in [-0.15, -0.1) is 11.3 Å². The summed E-state index contributed by atoms with van der Waals surface area (Å²) in [6.07, 6.45) is 4.87. The van der Waals surface area contributed by atoms with E-state index in [2.05, 4.69) is 0 Å². The second kappa shape index (κ2) is 5.71. The zero-order valence-electron chi connectivity index (χ0n) is 12.1. The van der Waals surface area contributed by atoms with E-state index in [9.17, 15) is 4.79 Å². The van der Waals surface area contributed by atoms with Gasteiger partial charge in [-0.2, -0.15) is 0 Å². The van der Waals surface area contributed by atoms with Crippen molar-refractivity contribution in [3.05, 3.63) is 22.4 Å². The Balaban J connectivity index is 1.44. The minimum absolute atomic E-state index is 0.0708. The minimum atomic E-state index is 0.0708. The lowest BCUT2D eigenvalue weighted by atomic mass is 10.1. The van der Waals surface area contributed by atoms with Crippen LogP contribution < -0.4 is 0 Å². The number of carbonyl (C=O) groups excluding carboxylic acids is 1. The smallest absolute Gasteiger partial charge is 0.264 e. The molecule has 0 aromatic carbocycles. The van der Waals surface area contributed by atoms with Gasteiger partial charge in [-0.25, -0.2) is 0 Å². The number of hydrogen-bond acceptors (Lipinski definition) is 4. The van der Waals surface area contributed by atoms with Crippen LogP contribution in [0, 0.1) is 5.92 Å². The van der Waals surface area contributed by atoms with Crippen molar-refractivity contribution in [1.82, 2.24) is 4.90 Å². The molecule has 3 fully saturated rings. The Morgan fingerprint density at radius 1 is 1.38 bits per heavy atom. The molecule has 0 N–H and O–H groups in total. The Kier molecular flexibility index (Phi) is 3.73. The number of ether oxygens (including phenoxy) is 2. The highest BCUT2D eigenvalue weighted by molar-refractivity contribution is 7.12. The molecular weight excluding hydrogens is 286 g/mol. The lowest BCUT2D eigenvalue weighted by molar-refractivity contribution is -0.106. The fourth-order valence-electron chi connectivity index (χ4n) is 3.43. The standard InChI is InChI=1S/C16H21NO3S/c18-16(14-2-1-9-21-14)17-7-8-19-15-12(17)5-6-13(15)20-10-11-3-4-11/h1-2,9,11-13,15H,3-8,10H2/t12-,13-,15+/m0/s1. The third kappa shape index (κ3) is 2.74. The van der Waals surface area contributed by atoms with Gasteiger partial charge < -0.3 is 14.4 Å².